The summed E-state index contributed by atoms with van der Waals surface area (Å²) in [7, 11) is -3.04. The molecule has 0 fully saturated rings. The van der Waals surface area contributed by atoms with Gasteiger partial charge in [-0.25, -0.2) is 9.97 Å². The third kappa shape index (κ3) is 6.86. The van der Waals surface area contributed by atoms with Crippen molar-refractivity contribution < 1.29 is 9.47 Å². The second kappa shape index (κ2) is 17.8. The number of hydrogen-bond acceptors (Lipinski definition) is 4. The molecule has 0 N–H and O–H groups in total. The molecular weight excluding hydrogens is 1000 g/mol. The first-order valence-electron chi connectivity index (χ1n) is 27.7. The van der Waals surface area contributed by atoms with Crippen molar-refractivity contribution in [3.05, 3.63) is 279 Å². The Morgan fingerprint density at radius 1 is 0.358 bits per heavy atom. The van der Waals surface area contributed by atoms with Crippen LogP contribution in [-0.2, 0) is 0 Å². The smallest absolute Gasteiger partial charge is 0.260 e. The molecule has 376 valence electrons. The van der Waals surface area contributed by atoms with Crippen molar-refractivity contribution in [1.82, 2.24) is 14.5 Å². The van der Waals surface area contributed by atoms with Gasteiger partial charge in [0.25, 0.3) is 6.71 Å². The van der Waals surface area contributed by atoms with Crippen molar-refractivity contribution in [2.24, 2.45) is 0 Å². The van der Waals surface area contributed by atoms with Crippen LogP contribution in [0.1, 0.15) is 0 Å². The summed E-state index contributed by atoms with van der Waals surface area (Å²) < 4.78 is 16.2. The summed E-state index contributed by atoms with van der Waals surface area (Å²) in [5, 5.41) is 14.1. The number of para-hydroxylation sites is 2. The molecule has 4 heterocycles. The lowest BCUT2D eigenvalue weighted by Gasteiger charge is -2.33. The van der Waals surface area contributed by atoms with Gasteiger partial charge in [-0.3, -0.25) is 0 Å². The molecule has 5 nitrogen and oxygen atoms in total. The van der Waals surface area contributed by atoms with Crippen LogP contribution in [0.5, 0.6) is 23.0 Å². The average molecular weight is 1050 g/mol. The predicted molar refractivity (Wildman–Crippen MR) is 339 cm³/mol. The second-order valence-electron chi connectivity index (χ2n) is 21.5. The van der Waals surface area contributed by atoms with E-state index in [-0.39, 0.29) is 6.71 Å². The van der Waals surface area contributed by atoms with Crippen LogP contribution in [-0.4, -0.2) is 29.3 Å². The minimum absolute atomic E-state index is 0.0258. The highest BCUT2D eigenvalue weighted by Crippen LogP contribution is 2.45. The normalized spacial score (nSPS) is 12.6. The van der Waals surface area contributed by atoms with Crippen molar-refractivity contribution in [1.29, 1.82) is 0 Å². The maximum atomic E-state index is 6.92. The molecule has 0 radical (unpaired) electrons. The SMILES string of the molecule is c1ccc([Si](c2ccccc2)(c2ccccc2)c2ncc3c(-c4ccc5c(c4)c4cc(-c6c7ccccc7cc7ccccc67)ccc4n5-c4cc5c6c(c4)Oc4ccccc4B6c4ccccc4O5)c4ccccc4cc3n2)cc1. The molecule has 0 bridgehead atoms. The topological polar surface area (TPSA) is 49.2 Å². The van der Waals surface area contributed by atoms with Crippen molar-refractivity contribution in [2.45, 2.75) is 0 Å². The molecule has 0 saturated heterocycles. The molecule has 81 heavy (non-hydrogen) atoms. The number of hydrogen-bond donors (Lipinski definition) is 0. The fraction of sp³-hybridized carbons (Fsp3) is 0. The van der Waals surface area contributed by atoms with Gasteiger partial charge in [0.05, 0.1) is 22.2 Å². The first-order valence-corrected chi connectivity index (χ1v) is 29.7. The zero-order chi connectivity index (χ0) is 53.2. The molecule has 13 aromatic carbocycles. The van der Waals surface area contributed by atoms with Crippen LogP contribution in [0, 0.1) is 0 Å². The highest BCUT2D eigenvalue weighted by atomic mass is 28.3. The van der Waals surface area contributed by atoms with Crippen LogP contribution in [0.15, 0.2) is 279 Å². The monoisotopic (exact) mass is 1050 g/mol. The maximum absolute atomic E-state index is 6.92. The Morgan fingerprint density at radius 2 is 0.790 bits per heavy atom. The number of nitrogens with zero attached hydrogens (tertiary/aromatic N) is 3. The second-order valence-corrected chi connectivity index (χ2v) is 25.2. The summed E-state index contributed by atoms with van der Waals surface area (Å²) >= 11 is 0. The van der Waals surface area contributed by atoms with Crippen molar-refractivity contribution in [3.63, 3.8) is 0 Å². The van der Waals surface area contributed by atoms with E-state index in [4.69, 9.17) is 19.4 Å². The first-order chi connectivity index (χ1) is 40.2. The predicted octanol–water partition coefficient (Wildman–Crippen LogP) is 13.6. The highest BCUT2D eigenvalue weighted by molar-refractivity contribution is 7.19. The van der Waals surface area contributed by atoms with Crippen LogP contribution < -0.4 is 46.9 Å². The molecule has 0 unspecified atom stereocenters. The van der Waals surface area contributed by atoms with E-state index in [0.29, 0.717) is 0 Å². The summed E-state index contributed by atoms with van der Waals surface area (Å²) in [5.41, 5.74) is 12.7. The standard InChI is InChI=1S/C74H46BN3O2Si/c1-4-23-53(24-5-1)81(54-25-6-2-7-26-54,55-27-8-3-9-28-55)74-76-46-61-64(77-74)43-49-22-12-15-31-58(49)72(61)51-37-39-66-60(42-51)59-41-50(71-56-29-13-10-20-47(56)40-48-21-11-14-30-57(48)71)36-38-65(59)78(66)52-44-69-73-70(45-52)80-68-35-19-17-33-63(68)75(73)62-32-16-18-34-67(62)79-69/h1-46H. The number of ether oxygens (including phenoxy) is 2. The Kier molecular flexibility index (Phi) is 10.1. The molecule has 0 atom stereocenters. The van der Waals surface area contributed by atoms with Crippen molar-refractivity contribution >= 4 is 117 Å². The third-order valence-corrected chi connectivity index (χ3v) is 21.7. The van der Waals surface area contributed by atoms with E-state index in [1.54, 1.807) is 0 Å². The van der Waals surface area contributed by atoms with Crippen LogP contribution in [0.25, 0.3) is 93.0 Å². The zero-order valence-corrected chi connectivity index (χ0v) is 44.8. The lowest BCUT2D eigenvalue weighted by atomic mass is 9.35. The molecule has 0 aliphatic carbocycles. The number of aromatic nitrogens is 3. The largest absolute Gasteiger partial charge is 0.458 e. The van der Waals surface area contributed by atoms with Crippen LogP contribution >= 0.6 is 0 Å². The Morgan fingerprint density at radius 3 is 1.30 bits per heavy atom. The minimum Gasteiger partial charge on any atom is -0.458 e. The molecule has 2 aromatic heterocycles. The van der Waals surface area contributed by atoms with Gasteiger partial charge in [-0.05, 0) is 124 Å². The van der Waals surface area contributed by atoms with E-state index in [9.17, 15) is 0 Å². The summed E-state index contributed by atoms with van der Waals surface area (Å²) in [5.74, 6) is 3.32. The maximum Gasteiger partial charge on any atom is 0.260 e. The summed E-state index contributed by atoms with van der Waals surface area (Å²) in [6.45, 7) is -0.0258. The number of benzene rings is 13. The Hall–Kier alpha value is -10.3. The number of fused-ring (bicyclic) bond motifs is 11. The molecular formula is C74H46BN3O2Si. The van der Waals surface area contributed by atoms with E-state index >= 15 is 0 Å². The fourth-order valence-electron chi connectivity index (χ4n) is 13.7. The van der Waals surface area contributed by atoms with E-state index in [2.05, 4.69) is 284 Å². The molecule has 7 heteroatoms. The minimum atomic E-state index is -3.04. The molecule has 0 amide bonds. The van der Waals surface area contributed by atoms with Crippen LogP contribution in [0.2, 0.25) is 0 Å². The summed E-state index contributed by atoms with van der Waals surface area (Å²) in [6.07, 6.45) is 2.11. The highest BCUT2D eigenvalue weighted by Gasteiger charge is 2.45. The molecule has 2 aliphatic rings. The van der Waals surface area contributed by atoms with E-state index < -0.39 is 8.07 Å². The fourth-order valence-corrected chi connectivity index (χ4v) is 18.1. The molecule has 0 spiro atoms. The third-order valence-electron chi connectivity index (χ3n) is 17.2. The Bertz CT molecular complexity index is 4860. The lowest BCUT2D eigenvalue weighted by Crippen LogP contribution is -2.76. The lowest BCUT2D eigenvalue weighted by molar-refractivity contribution is 0.464. The van der Waals surface area contributed by atoms with Gasteiger partial charge in [-0.15, -0.1) is 0 Å². The van der Waals surface area contributed by atoms with Gasteiger partial charge in [0.15, 0.2) is 0 Å². The molecule has 2 aliphatic heterocycles. The Labute approximate surface area is 468 Å². The molecule has 0 saturated carbocycles. The van der Waals surface area contributed by atoms with Crippen LogP contribution in [0.4, 0.5) is 0 Å². The Balaban J connectivity index is 0.925. The van der Waals surface area contributed by atoms with Gasteiger partial charge >= 0.3 is 0 Å². The van der Waals surface area contributed by atoms with Gasteiger partial charge in [0.1, 0.15) is 28.4 Å². The van der Waals surface area contributed by atoms with Crippen molar-refractivity contribution in [2.75, 3.05) is 0 Å². The van der Waals surface area contributed by atoms with Crippen LogP contribution in [0.3, 0.4) is 0 Å². The van der Waals surface area contributed by atoms with Gasteiger partial charge in [0.2, 0.25) is 8.07 Å². The summed E-state index contributed by atoms with van der Waals surface area (Å²) in [4.78, 5) is 11.3. The van der Waals surface area contributed by atoms with Crippen molar-refractivity contribution in [3.8, 4) is 50.9 Å². The van der Waals surface area contributed by atoms with Gasteiger partial charge < -0.3 is 14.0 Å². The summed E-state index contributed by atoms with van der Waals surface area (Å²) in [6, 6.07) is 98.9. The van der Waals surface area contributed by atoms with Gasteiger partial charge in [0, 0.05) is 45.5 Å². The quantitative estimate of drug-likeness (QED) is 0.0907. The van der Waals surface area contributed by atoms with E-state index in [1.807, 2.05) is 0 Å². The van der Waals surface area contributed by atoms with E-state index in [1.165, 1.54) is 42.7 Å². The van der Waals surface area contributed by atoms with Gasteiger partial charge in [-0.2, -0.15) is 0 Å². The average Bonchev–Trinajstić information content (AvgIpc) is 4.08. The number of rotatable bonds is 7. The van der Waals surface area contributed by atoms with Gasteiger partial charge in [-0.1, -0.05) is 212 Å². The zero-order valence-electron chi connectivity index (χ0n) is 43.8. The molecule has 15 aromatic rings. The van der Waals surface area contributed by atoms with E-state index in [0.717, 1.165) is 111 Å². The first kappa shape index (κ1) is 45.7. The molecule has 17 rings (SSSR count).